The summed E-state index contributed by atoms with van der Waals surface area (Å²) < 4.78 is 2.09. The first-order valence-electron chi connectivity index (χ1n) is 7.99. The molecule has 3 nitrogen and oxygen atoms in total. The van der Waals surface area contributed by atoms with Crippen molar-refractivity contribution in [3.05, 3.63) is 52.8 Å². The average Bonchev–Trinajstić information content (AvgIpc) is 2.89. The van der Waals surface area contributed by atoms with E-state index in [0.29, 0.717) is 0 Å². The monoisotopic (exact) mass is 285 g/mol. The Hall–Kier alpha value is -1.61. The number of nitrogens with zero attached hydrogens (tertiary/aromatic N) is 2. The first-order valence-corrected chi connectivity index (χ1v) is 7.99. The third-order valence-electron chi connectivity index (χ3n) is 3.97. The minimum atomic E-state index is 0.193. The normalized spacial score (nSPS) is 12.6. The van der Waals surface area contributed by atoms with Crippen molar-refractivity contribution in [2.75, 3.05) is 0 Å². The number of hydrogen-bond donors (Lipinski definition) is 1. The molecule has 0 amide bonds. The molecule has 1 heterocycles. The van der Waals surface area contributed by atoms with Gasteiger partial charge in [0.1, 0.15) is 0 Å². The Labute approximate surface area is 128 Å². The molecule has 0 aliphatic rings. The van der Waals surface area contributed by atoms with E-state index in [2.05, 4.69) is 60.9 Å². The summed E-state index contributed by atoms with van der Waals surface area (Å²) in [4.78, 5) is 0. The molecule has 1 aromatic heterocycles. The van der Waals surface area contributed by atoms with Gasteiger partial charge in [-0.1, -0.05) is 36.8 Å². The maximum absolute atomic E-state index is 6.32. The molecule has 3 heteroatoms. The Kier molecular flexibility index (Phi) is 5.57. The Balaban J connectivity index is 1.90. The van der Waals surface area contributed by atoms with E-state index in [-0.39, 0.29) is 6.04 Å². The molecular formula is C18H27N3. The lowest BCUT2D eigenvalue weighted by Crippen LogP contribution is -2.25. The molecule has 2 rings (SSSR count). The van der Waals surface area contributed by atoms with Crippen molar-refractivity contribution in [2.45, 2.75) is 59.0 Å². The van der Waals surface area contributed by atoms with E-state index < -0.39 is 0 Å². The number of rotatable bonds is 7. The van der Waals surface area contributed by atoms with Gasteiger partial charge in [0.25, 0.3) is 0 Å². The Morgan fingerprint density at radius 3 is 2.52 bits per heavy atom. The summed E-state index contributed by atoms with van der Waals surface area (Å²) in [7, 11) is 0. The van der Waals surface area contributed by atoms with Crippen molar-refractivity contribution in [2.24, 2.45) is 5.73 Å². The zero-order valence-corrected chi connectivity index (χ0v) is 13.5. The van der Waals surface area contributed by atoms with Crippen LogP contribution in [0.4, 0.5) is 0 Å². The summed E-state index contributed by atoms with van der Waals surface area (Å²) in [6.07, 6.45) is 3.95. The van der Waals surface area contributed by atoms with E-state index in [9.17, 15) is 0 Å². The standard InChI is InChI=1S/C18H27N3/c1-4-17-13-18(21(5-2)20-17)12-16(19)11-10-15-8-6-14(3)7-9-15/h6-9,13,16H,4-5,10-12,19H2,1-3H3. The minimum Gasteiger partial charge on any atom is -0.327 e. The molecule has 0 saturated carbocycles. The minimum absolute atomic E-state index is 0.193. The maximum Gasteiger partial charge on any atom is 0.0624 e. The fourth-order valence-electron chi connectivity index (χ4n) is 2.60. The first kappa shape index (κ1) is 15.8. The van der Waals surface area contributed by atoms with Crippen molar-refractivity contribution in [3.8, 4) is 0 Å². The summed E-state index contributed by atoms with van der Waals surface area (Å²) in [6.45, 7) is 7.31. The highest BCUT2D eigenvalue weighted by atomic mass is 15.3. The third kappa shape index (κ3) is 4.43. The fourth-order valence-corrected chi connectivity index (χ4v) is 2.60. The smallest absolute Gasteiger partial charge is 0.0624 e. The summed E-state index contributed by atoms with van der Waals surface area (Å²) in [5, 5.41) is 4.59. The van der Waals surface area contributed by atoms with Gasteiger partial charge in [-0.15, -0.1) is 0 Å². The fraction of sp³-hybridized carbons (Fsp3) is 0.500. The third-order valence-corrected chi connectivity index (χ3v) is 3.97. The molecule has 0 fully saturated rings. The SMILES string of the molecule is CCc1cc(CC(N)CCc2ccc(C)cc2)n(CC)n1. The van der Waals surface area contributed by atoms with Crippen LogP contribution in [0.15, 0.2) is 30.3 Å². The van der Waals surface area contributed by atoms with Crippen LogP contribution >= 0.6 is 0 Å². The van der Waals surface area contributed by atoms with E-state index in [1.807, 2.05) is 0 Å². The van der Waals surface area contributed by atoms with Crippen LogP contribution in [0.3, 0.4) is 0 Å². The molecule has 1 unspecified atom stereocenters. The first-order chi connectivity index (χ1) is 10.1. The van der Waals surface area contributed by atoms with E-state index >= 15 is 0 Å². The van der Waals surface area contributed by atoms with Crippen molar-refractivity contribution in [3.63, 3.8) is 0 Å². The predicted molar refractivity (Wildman–Crippen MR) is 88.5 cm³/mol. The molecular weight excluding hydrogens is 258 g/mol. The molecule has 0 aliphatic carbocycles. The van der Waals surface area contributed by atoms with Crippen molar-refractivity contribution < 1.29 is 0 Å². The predicted octanol–water partition coefficient (Wildman–Crippen LogP) is 3.28. The van der Waals surface area contributed by atoms with Gasteiger partial charge in [0.05, 0.1) is 5.69 Å². The van der Waals surface area contributed by atoms with Crippen LogP contribution in [0.25, 0.3) is 0 Å². The van der Waals surface area contributed by atoms with E-state index in [0.717, 1.165) is 37.9 Å². The van der Waals surface area contributed by atoms with Gasteiger partial charge in [-0.2, -0.15) is 5.10 Å². The summed E-state index contributed by atoms with van der Waals surface area (Å²) in [5.41, 5.74) is 11.4. The summed E-state index contributed by atoms with van der Waals surface area (Å²) >= 11 is 0. The Morgan fingerprint density at radius 1 is 1.19 bits per heavy atom. The van der Waals surface area contributed by atoms with Crippen molar-refractivity contribution >= 4 is 0 Å². The Bertz CT molecular complexity index is 554. The second-order valence-corrected chi connectivity index (χ2v) is 5.78. The molecule has 0 radical (unpaired) electrons. The quantitative estimate of drug-likeness (QED) is 0.848. The van der Waals surface area contributed by atoms with Crippen LogP contribution in [0, 0.1) is 6.92 Å². The van der Waals surface area contributed by atoms with Gasteiger partial charge in [-0.05, 0) is 44.7 Å². The molecule has 0 aliphatic heterocycles. The summed E-state index contributed by atoms with van der Waals surface area (Å²) in [5.74, 6) is 0. The zero-order chi connectivity index (χ0) is 15.2. The second kappa shape index (κ2) is 7.41. The van der Waals surface area contributed by atoms with Crippen LogP contribution in [-0.2, 0) is 25.8 Å². The van der Waals surface area contributed by atoms with Gasteiger partial charge >= 0.3 is 0 Å². The molecule has 2 aromatic rings. The lowest BCUT2D eigenvalue weighted by Gasteiger charge is -2.12. The largest absolute Gasteiger partial charge is 0.327 e. The lowest BCUT2D eigenvalue weighted by molar-refractivity contribution is 0.553. The lowest BCUT2D eigenvalue weighted by atomic mass is 10.0. The van der Waals surface area contributed by atoms with Crippen LogP contribution in [0.2, 0.25) is 0 Å². The van der Waals surface area contributed by atoms with Gasteiger partial charge in [0.2, 0.25) is 0 Å². The van der Waals surface area contributed by atoms with Crippen LogP contribution in [0.5, 0.6) is 0 Å². The highest BCUT2D eigenvalue weighted by Crippen LogP contribution is 2.12. The number of hydrogen-bond acceptors (Lipinski definition) is 2. The van der Waals surface area contributed by atoms with E-state index in [1.54, 1.807) is 0 Å². The zero-order valence-electron chi connectivity index (χ0n) is 13.5. The average molecular weight is 285 g/mol. The second-order valence-electron chi connectivity index (χ2n) is 5.78. The molecule has 0 spiro atoms. The molecule has 0 bridgehead atoms. The van der Waals surface area contributed by atoms with Crippen LogP contribution in [-0.4, -0.2) is 15.8 Å². The van der Waals surface area contributed by atoms with Gasteiger partial charge in [-0.25, -0.2) is 0 Å². The van der Waals surface area contributed by atoms with Gasteiger partial charge in [0, 0.05) is 24.7 Å². The molecule has 0 saturated heterocycles. The van der Waals surface area contributed by atoms with Gasteiger partial charge in [-0.3, -0.25) is 4.68 Å². The molecule has 114 valence electrons. The number of benzene rings is 1. The van der Waals surface area contributed by atoms with Crippen molar-refractivity contribution in [1.29, 1.82) is 0 Å². The number of aromatic nitrogens is 2. The molecule has 2 N–H and O–H groups in total. The highest BCUT2D eigenvalue weighted by molar-refractivity contribution is 5.21. The van der Waals surface area contributed by atoms with Gasteiger partial charge in [0.15, 0.2) is 0 Å². The molecule has 1 aromatic carbocycles. The van der Waals surface area contributed by atoms with Crippen LogP contribution in [0.1, 0.15) is 42.8 Å². The van der Waals surface area contributed by atoms with E-state index in [4.69, 9.17) is 5.73 Å². The Morgan fingerprint density at radius 2 is 1.90 bits per heavy atom. The highest BCUT2D eigenvalue weighted by Gasteiger charge is 2.10. The molecule has 21 heavy (non-hydrogen) atoms. The maximum atomic E-state index is 6.32. The van der Waals surface area contributed by atoms with E-state index in [1.165, 1.54) is 16.8 Å². The topological polar surface area (TPSA) is 43.8 Å². The van der Waals surface area contributed by atoms with Crippen LogP contribution < -0.4 is 5.73 Å². The van der Waals surface area contributed by atoms with Gasteiger partial charge < -0.3 is 5.73 Å². The number of nitrogens with two attached hydrogens (primary N) is 1. The molecule has 1 atom stereocenters. The van der Waals surface area contributed by atoms with Crippen molar-refractivity contribution in [1.82, 2.24) is 9.78 Å². The summed E-state index contributed by atoms with van der Waals surface area (Å²) in [6, 6.07) is 11.1. The number of aryl methyl sites for hydroxylation is 4.